The second-order valence-corrected chi connectivity index (χ2v) is 5.35. The van der Waals surface area contributed by atoms with Crippen molar-refractivity contribution in [1.82, 2.24) is 15.6 Å². The van der Waals surface area contributed by atoms with Crippen LogP contribution < -0.4 is 10.6 Å². The van der Waals surface area contributed by atoms with Crippen LogP contribution in [0.25, 0.3) is 0 Å². The molecule has 0 saturated carbocycles. The molecule has 1 atom stereocenters. The van der Waals surface area contributed by atoms with Gasteiger partial charge >= 0.3 is 0 Å². The van der Waals surface area contributed by atoms with Crippen LogP contribution in [-0.4, -0.2) is 17.5 Å². The van der Waals surface area contributed by atoms with Gasteiger partial charge in [0.2, 0.25) is 0 Å². The smallest absolute Gasteiger partial charge is 0.192 e. The fraction of sp³-hybridized carbons (Fsp3) is 0.294. The van der Waals surface area contributed by atoms with E-state index in [0.29, 0.717) is 11.7 Å². The summed E-state index contributed by atoms with van der Waals surface area (Å²) >= 11 is 5.79. The number of benzene rings is 1. The zero-order valence-corrected chi connectivity index (χ0v) is 13.6. The Bertz CT molecular complexity index is 596. The average molecular weight is 317 g/mol. The van der Waals surface area contributed by atoms with E-state index in [9.17, 15) is 0 Å². The fourth-order valence-corrected chi connectivity index (χ4v) is 2.13. The Labute approximate surface area is 136 Å². The maximum Gasteiger partial charge on any atom is 0.192 e. The van der Waals surface area contributed by atoms with Crippen LogP contribution in [0.2, 0.25) is 5.15 Å². The maximum absolute atomic E-state index is 5.79. The number of pyridine rings is 1. The highest BCUT2D eigenvalue weighted by Gasteiger charge is 2.06. The van der Waals surface area contributed by atoms with E-state index in [1.54, 1.807) is 12.3 Å². The summed E-state index contributed by atoms with van der Waals surface area (Å²) in [6.45, 7) is 5.54. The summed E-state index contributed by atoms with van der Waals surface area (Å²) in [7, 11) is 0. The molecule has 22 heavy (non-hydrogen) atoms. The minimum atomic E-state index is 0.183. The van der Waals surface area contributed by atoms with Gasteiger partial charge in [-0.2, -0.15) is 0 Å². The van der Waals surface area contributed by atoms with Crippen molar-refractivity contribution in [3.63, 3.8) is 0 Å². The van der Waals surface area contributed by atoms with Crippen molar-refractivity contribution < 1.29 is 0 Å². The molecule has 2 N–H and O–H groups in total. The van der Waals surface area contributed by atoms with E-state index in [2.05, 4.69) is 39.7 Å². The number of nitrogens with zero attached hydrogens (tertiary/aromatic N) is 2. The zero-order chi connectivity index (χ0) is 15.8. The average Bonchev–Trinajstić information content (AvgIpc) is 2.55. The first-order valence-electron chi connectivity index (χ1n) is 7.39. The van der Waals surface area contributed by atoms with Crippen LogP contribution in [0, 0.1) is 0 Å². The van der Waals surface area contributed by atoms with Crippen LogP contribution in [-0.2, 0) is 6.54 Å². The van der Waals surface area contributed by atoms with Gasteiger partial charge in [0, 0.05) is 12.7 Å². The molecule has 1 heterocycles. The number of nitrogens with one attached hydrogen (secondary N) is 2. The molecule has 0 spiro atoms. The Hall–Kier alpha value is -2.07. The molecular formula is C17H21ClN4. The van der Waals surface area contributed by atoms with E-state index in [1.807, 2.05) is 31.2 Å². The summed E-state index contributed by atoms with van der Waals surface area (Å²) in [5.41, 5.74) is 2.25. The van der Waals surface area contributed by atoms with Gasteiger partial charge in [0.05, 0.1) is 12.6 Å². The van der Waals surface area contributed by atoms with Crippen molar-refractivity contribution in [3.8, 4) is 0 Å². The van der Waals surface area contributed by atoms with Gasteiger partial charge < -0.3 is 10.6 Å². The van der Waals surface area contributed by atoms with Crippen molar-refractivity contribution in [2.45, 2.75) is 26.4 Å². The molecule has 0 bridgehead atoms. The minimum Gasteiger partial charge on any atom is -0.357 e. The maximum atomic E-state index is 5.79. The van der Waals surface area contributed by atoms with Crippen LogP contribution in [0.15, 0.2) is 53.7 Å². The third-order valence-corrected chi connectivity index (χ3v) is 3.43. The second-order valence-electron chi connectivity index (χ2n) is 4.96. The Balaban J connectivity index is 2.02. The Morgan fingerprint density at radius 3 is 2.64 bits per heavy atom. The molecule has 0 saturated heterocycles. The molecule has 2 aromatic rings. The van der Waals surface area contributed by atoms with Gasteiger partial charge in [-0.1, -0.05) is 48.0 Å². The third-order valence-electron chi connectivity index (χ3n) is 3.21. The summed E-state index contributed by atoms with van der Waals surface area (Å²) in [4.78, 5) is 8.66. The van der Waals surface area contributed by atoms with Gasteiger partial charge in [-0.15, -0.1) is 0 Å². The number of hydrogen-bond donors (Lipinski definition) is 2. The summed E-state index contributed by atoms with van der Waals surface area (Å²) in [6, 6.07) is 14.2. The van der Waals surface area contributed by atoms with Gasteiger partial charge in [-0.25, -0.2) is 9.98 Å². The van der Waals surface area contributed by atoms with Gasteiger partial charge in [-0.05, 0) is 31.0 Å². The second kappa shape index (κ2) is 8.39. The largest absolute Gasteiger partial charge is 0.357 e. The highest BCUT2D eigenvalue weighted by molar-refractivity contribution is 6.29. The lowest BCUT2D eigenvalue weighted by Crippen LogP contribution is -2.38. The minimum absolute atomic E-state index is 0.183. The Kier molecular flexibility index (Phi) is 6.22. The molecule has 2 rings (SSSR count). The number of halogens is 1. The van der Waals surface area contributed by atoms with Gasteiger partial charge in [-0.3, -0.25) is 0 Å². The van der Waals surface area contributed by atoms with Crippen LogP contribution >= 0.6 is 11.6 Å². The molecule has 5 heteroatoms. The third kappa shape index (κ3) is 5.04. The lowest BCUT2D eigenvalue weighted by Gasteiger charge is -2.18. The van der Waals surface area contributed by atoms with E-state index < -0.39 is 0 Å². The standard InChI is InChI=1S/C17H21ClN4/c1-3-19-17(21-12-14-9-10-16(18)20-11-14)22-13(2)15-7-5-4-6-8-15/h4-11,13H,3,12H2,1-2H3,(H2,19,21,22). The lowest BCUT2D eigenvalue weighted by molar-refractivity contribution is 0.686. The number of aliphatic imine (C=N–C) groups is 1. The SMILES string of the molecule is CCNC(=NCc1ccc(Cl)nc1)NC(C)c1ccccc1. The van der Waals surface area contributed by atoms with E-state index in [-0.39, 0.29) is 6.04 Å². The molecule has 0 aliphatic carbocycles. The van der Waals surface area contributed by atoms with Crippen molar-refractivity contribution in [1.29, 1.82) is 0 Å². The van der Waals surface area contributed by atoms with E-state index >= 15 is 0 Å². The molecule has 116 valence electrons. The Morgan fingerprint density at radius 1 is 1.23 bits per heavy atom. The zero-order valence-electron chi connectivity index (χ0n) is 12.9. The van der Waals surface area contributed by atoms with Crippen molar-refractivity contribution in [2.24, 2.45) is 4.99 Å². The predicted octanol–water partition coefficient (Wildman–Crippen LogP) is 3.55. The molecule has 0 radical (unpaired) electrons. The first kappa shape index (κ1) is 16.3. The number of aromatic nitrogens is 1. The van der Waals surface area contributed by atoms with Crippen LogP contribution in [0.3, 0.4) is 0 Å². The molecular weight excluding hydrogens is 296 g/mol. The first-order chi connectivity index (χ1) is 10.7. The topological polar surface area (TPSA) is 49.3 Å². The molecule has 1 unspecified atom stereocenters. The highest BCUT2D eigenvalue weighted by atomic mass is 35.5. The van der Waals surface area contributed by atoms with Crippen molar-refractivity contribution in [3.05, 3.63) is 64.9 Å². The normalized spacial score (nSPS) is 12.8. The molecule has 4 nitrogen and oxygen atoms in total. The van der Waals surface area contributed by atoms with Crippen LogP contribution in [0.1, 0.15) is 31.0 Å². The highest BCUT2D eigenvalue weighted by Crippen LogP contribution is 2.11. The van der Waals surface area contributed by atoms with Crippen molar-refractivity contribution >= 4 is 17.6 Å². The lowest BCUT2D eigenvalue weighted by atomic mass is 10.1. The Morgan fingerprint density at radius 2 is 2.00 bits per heavy atom. The molecule has 0 aliphatic heterocycles. The molecule has 0 aliphatic rings. The van der Waals surface area contributed by atoms with E-state index in [4.69, 9.17) is 11.6 Å². The van der Waals surface area contributed by atoms with Crippen molar-refractivity contribution in [2.75, 3.05) is 6.54 Å². The quantitative estimate of drug-likeness (QED) is 0.504. The number of guanidine groups is 1. The summed E-state index contributed by atoms with van der Waals surface area (Å²) in [6.07, 6.45) is 1.75. The fourth-order valence-electron chi connectivity index (χ4n) is 2.02. The first-order valence-corrected chi connectivity index (χ1v) is 7.77. The monoisotopic (exact) mass is 316 g/mol. The predicted molar refractivity (Wildman–Crippen MR) is 92.1 cm³/mol. The summed E-state index contributed by atoms with van der Waals surface area (Å²) < 4.78 is 0. The molecule has 1 aromatic carbocycles. The van der Waals surface area contributed by atoms with Crippen LogP contribution in [0.5, 0.6) is 0 Å². The molecule has 0 fully saturated rings. The molecule has 0 amide bonds. The summed E-state index contributed by atoms with van der Waals surface area (Å²) in [5, 5.41) is 7.16. The van der Waals surface area contributed by atoms with Gasteiger partial charge in [0.15, 0.2) is 5.96 Å². The van der Waals surface area contributed by atoms with Gasteiger partial charge in [0.25, 0.3) is 0 Å². The molecule has 1 aromatic heterocycles. The van der Waals surface area contributed by atoms with E-state index in [1.165, 1.54) is 5.56 Å². The van der Waals surface area contributed by atoms with E-state index in [0.717, 1.165) is 18.1 Å². The van der Waals surface area contributed by atoms with Crippen LogP contribution in [0.4, 0.5) is 0 Å². The summed E-state index contributed by atoms with van der Waals surface area (Å²) in [5.74, 6) is 0.786. The number of rotatable bonds is 5. The van der Waals surface area contributed by atoms with Gasteiger partial charge in [0.1, 0.15) is 5.15 Å². The number of hydrogen-bond acceptors (Lipinski definition) is 2.